The Hall–Kier alpha value is -3.93. The van der Waals surface area contributed by atoms with Crippen molar-refractivity contribution in [3.8, 4) is 0 Å². The predicted octanol–water partition coefficient (Wildman–Crippen LogP) is 19.5. The molecule has 0 radical (unpaired) electrons. The van der Waals surface area contributed by atoms with Gasteiger partial charge in [0.2, 0.25) is 0 Å². The molecule has 0 fully saturated rings. The second kappa shape index (κ2) is 57.6. The minimum Gasteiger partial charge on any atom is -0.462 e. The van der Waals surface area contributed by atoms with Gasteiger partial charge in [0, 0.05) is 19.3 Å². The standard InChI is InChI=1S/C64H106O6/c1-4-7-10-13-16-19-22-24-26-27-28-29-30-31-32-33-34-35-36-37-39-40-42-45-48-51-54-57-63(66)69-60-61(59-68-62(65)56-53-50-47-44-21-18-15-12-9-6-3)70-64(67)58-55-52-49-46-43-41-38-25-23-20-17-14-11-8-5-2/h7,10,16-17,19-20,24-26,28-29,31-32,34-35,37-39,61H,4-6,8-9,11-15,18,21-23,27,30,33,36,40-60H2,1-3H3/b10-7-,19-16-,20-17-,26-24-,29-28-,32-31-,35-34-,38-25-,39-37-. The fourth-order valence-electron chi connectivity index (χ4n) is 7.69. The van der Waals surface area contributed by atoms with Crippen molar-refractivity contribution in [1.29, 1.82) is 0 Å². The molecule has 0 spiro atoms. The first-order chi connectivity index (χ1) is 34.5. The van der Waals surface area contributed by atoms with Gasteiger partial charge in [0.25, 0.3) is 0 Å². The molecule has 0 aliphatic rings. The Morgan fingerprint density at radius 2 is 0.557 bits per heavy atom. The van der Waals surface area contributed by atoms with Gasteiger partial charge in [0.1, 0.15) is 13.2 Å². The first kappa shape index (κ1) is 66.1. The Morgan fingerprint density at radius 1 is 0.300 bits per heavy atom. The fourth-order valence-corrected chi connectivity index (χ4v) is 7.69. The molecule has 0 N–H and O–H groups in total. The average Bonchev–Trinajstić information content (AvgIpc) is 3.36. The Labute approximate surface area is 431 Å². The second-order valence-electron chi connectivity index (χ2n) is 18.8. The molecular formula is C64H106O6. The lowest BCUT2D eigenvalue weighted by Crippen LogP contribution is -2.30. The maximum absolute atomic E-state index is 12.8. The molecule has 0 rings (SSSR count). The lowest BCUT2D eigenvalue weighted by Gasteiger charge is -2.18. The van der Waals surface area contributed by atoms with E-state index in [-0.39, 0.29) is 31.1 Å². The topological polar surface area (TPSA) is 78.9 Å². The summed E-state index contributed by atoms with van der Waals surface area (Å²) in [7, 11) is 0. The highest BCUT2D eigenvalue weighted by Gasteiger charge is 2.19. The lowest BCUT2D eigenvalue weighted by molar-refractivity contribution is -0.167. The molecule has 0 aromatic rings. The fraction of sp³-hybridized carbons (Fsp3) is 0.672. The largest absolute Gasteiger partial charge is 0.462 e. The molecule has 0 heterocycles. The maximum atomic E-state index is 12.8. The van der Waals surface area contributed by atoms with Crippen LogP contribution in [-0.4, -0.2) is 37.2 Å². The summed E-state index contributed by atoms with van der Waals surface area (Å²) in [5.74, 6) is -0.925. The highest BCUT2D eigenvalue weighted by Crippen LogP contribution is 2.14. The van der Waals surface area contributed by atoms with Crippen molar-refractivity contribution in [1.82, 2.24) is 0 Å². The van der Waals surface area contributed by atoms with E-state index in [1.807, 2.05) is 0 Å². The first-order valence-electron chi connectivity index (χ1n) is 28.9. The van der Waals surface area contributed by atoms with Gasteiger partial charge >= 0.3 is 17.9 Å². The number of carbonyl (C=O) groups is 3. The quantitative estimate of drug-likeness (QED) is 0.0262. The van der Waals surface area contributed by atoms with Crippen LogP contribution in [0.1, 0.15) is 258 Å². The molecule has 0 saturated carbocycles. The monoisotopic (exact) mass is 971 g/mol. The third-order valence-electron chi connectivity index (χ3n) is 12.0. The van der Waals surface area contributed by atoms with Gasteiger partial charge in [-0.1, -0.05) is 239 Å². The molecular weight excluding hydrogens is 865 g/mol. The number of allylic oxidation sites excluding steroid dienone is 18. The number of hydrogen-bond acceptors (Lipinski definition) is 6. The molecule has 0 bridgehead atoms. The van der Waals surface area contributed by atoms with Crippen LogP contribution in [0.25, 0.3) is 0 Å². The van der Waals surface area contributed by atoms with Crippen molar-refractivity contribution in [3.05, 3.63) is 109 Å². The van der Waals surface area contributed by atoms with E-state index in [0.29, 0.717) is 19.3 Å². The van der Waals surface area contributed by atoms with E-state index < -0.39 is 6.10 Å². The molecule has 6 nitrogen and oxygen atoms in total. The SMILES string of the molecule is CC/C=C\C/C=C\C/C=C\C/C=C\C/C=C\C/C=C\C/C=C\CCCCCCCC(=O)OCC(COC(=O)CCCCCCCCCCCC)OC(=O)CCCCCCC/C=C\C/C=C\CCCCC. The smallest absolute Gasteiger partial charge is 0.306 e. The number of ether oxygens (including phenoxy) is 3. The van der Waals surface area contributed by atoms with Crippen molar-refractivity contribution in [2.45, 2.75) is 264 Å². The van der Waals surface area contributed by atoms with Crippen molar-refractivity contribution in [2.24, 2.45) is 0 Å². The summed E-state index contributed by atoms with van der Waals surface area (Å²) in [5, 5.41) is 0. The number of carbonyl (C=O) groups excluding carboxylic acids is 3. The van der Waals surface area contributed by atoms with Crippen LogP contribution < -0.4 is 0 Å². The van der Waals surface area contributed by atoms with Crippen LogP contribution in [-0.2, 0) is 28.6 Å². The van der Waals surface area contributed by atoms with E-state index in [2.05, 4.69) is 130 Å². The van der Waals surface area contributed by atoms with Crippen LogP contribution in [0.15, 0.2) is 109 Å². The molecule has 0 aromatic carbocycles. The molecule has 0 amide bonds. The van der Waals surface area contributed by atoms with E-state index >= 15 is 0 Å². The van der Waals surface area contributed by atoms with Crippen molar-refractivity contribution >= 4 is 17.9 Å². The summed E-state index contributed by atoms with van der Waals surface area (Å²) >= 11 is 0. The zero-order valence-corrected chi connectivity index (χ0v) is 45.5. The summed E-state index contributed by atoms with van der Waals surface area (Å²) < 4.78 is 16.8. The van der Waals surface area contributed by atoms with Gasteiger partial charge in [-0.3, -0.25) is 14.4 Å². The molecule has 1 unspecified atom stereocenters. The summed E-state index contributed by atoms with van der Waals surface area (Å²) in [5.41, 5.74) is 0. The van der Waals surface area contributed by atoms with E-state index in [4.69, 9.17) is 14.2 Å². The Kier molecular flexibility index (Phi) is 54.4. The van der Waals surface area contributed by atoms with Gasteiger partial charge in [-0.05, 0) is 109 Å². The number of rotatable bonds is 51. The van der Waals surface area contributed by atoms with E-state index in [1.165, 1.54) is 70.6 Å². The number of esters is 3. The zero-order valence-electron chi connectivity index (χ0n) is 45.5. The minimum absolute atomic E-state index is 0.0897. The van der Waals surface area contributed by atoms with E-state index in [1.54, 1.807) is 0 Å². The Bertz CT molecular complexity index is 1440. The van der Waals surface area contributed by atoms with Crippen molar-refractivity contribution in [3.63, 3.8) is 0 Å². The van der Waals surface area contributed by atoms with Gasteiger partial charge in [-0.25, -0.2) is 0 Å². The Morgan fingerprint density at radius 3 is 0.900 bits per heavy atom. The normalized spacial score (nSPS) is 12.9. The second-order valence-corrected chi connectivity index (χ2v) is 18.8. The Balaban J connectivity index is 4.34. The summed E-state index contributed by atoms with van der Waals surface area (Å²) in [6.07, 6.45) is 77.9. The van der Waals surface area contributed by atoms with E-state index in [0.717, 1.165) is 148 Å². The van der Waals surface area contributed by atoms with Gasteiger partial charge in [0.15, 0.2) is 6.10 Å². The number of hydrogen-bond donors (Lipinski definition) is 0. The zero-order chi connectivity index (χ0) is 50.7. The molecule has 1 atom stereocenters. The first-order valence-corrected chi connectivity index (χ1v) is 28.9. The van der Waals surface area contributed by atoms with Crippen LogP contribution in [0.2, 0.25) is 0 Å². The van der Waals surface area contributed by atoms with Gasteiger partial charge in [-0.15, -0.1) is 0 Å². The molecule has 0 aromatic heterocycles. The third-order valence-corrected chi connectivity index (χ3v) is 12.0. The van der Waals surface area contributed by atoms with Crippen LogP contribution in [0.3, 0.4) is 0 Å². The summed E-state index contributed by atoms with van der Waals surface area (Å²) in [4.78, 5) is 38.1. The van der Waals surface area contributed by atoms with Crippen LogP contribution >= 0.6 is 0 Å². The average molecular weight is 972 g/mol. The van der Waals surface area contributed by atoms with Crippen molar-refractivity contribution in [2.75, 3.05) is 13.2 Å². The molecule has 0 saturated heterocycles. The maximum Gasteiger partial charge on any atom is 0.306 e. The molecule has 6 heteroatoms. The van der Waals surface area contributed by atoms with Crippen LogP contribution in [0, 0.1) is 0 Å². The number of unbranched alkanes of at least 4 members (excludes halogenated alkanes) is 22. The minimum atomic E-state index is -0.793. The van der Waals surface area contributed by atoms with Crippen LogP contribution in [0.5, 0.6) is 0 Å². The highest BCUT2D eigenvalue weighted by atomic mass is 16.6. The lowest BCUT2D eigenvalue weighted by atomic mass is 10.1. The highest BCUT2D eigenvalue weighted by molar-refractivity contribution is 5.71. The van der Waals surface area contributed by atoms with Gasteiger partial charge in [0.05, 0.1) is 0 Å². The third kappa shape index (κ3) is 55.0. The van der Waals surface area contributed by atoms with E-state index in [9.17, 15) is 14.4 Å². The predicted molar refractivity (Wildman–Crippen MR) is 302 cm³/mol. The van der Waals surface area contributed by atoms with Crippen LogP contribution in [0.4, 0.5) is 0 Å². The summed E-state index contributed by atoms with van der Waals surface area (Å²) in [6, 6.07) is 0. The molecule has 70 heavy (non-hydrogen) atoms. The summed E-state index contributed by atoms with van der Waals surface area (Å²) in [6.45, 7) is 6.46. The van der Waals surface area contributed by atoms with Crippen molar-refractivity contribution < 1.29 is 28.6 Å². The van der Waals surface area contributed by atoms with Gasteiger partial charge in [-0.2, -0.15) is 0 Å². The van der Waals surface area contributed by atoms with Gasteiger partial charge < -0.3 is 14.2 Å². The molecule has 0 aliphatic carbocycles. The molecule has 398 valence electrons. The molecule has 0 aliphatic heterocycles.